The molecule has 0 bridgehead atoms. The molecule has 7 heteroatoms. The number of methoxy groups -OCH3 is 2. The summed E-state index contributed by atoms with van der Waals surface area (Å²) in [6.45, 7) is 5.16. The number of hydrogen-bond acceptors (Lipinski definition) is 4. The van der Waals surface area contributed by atoms with Crippen molar-refractivity contribution in [2.45, 2.75) is 25.2 Å². The lowest BCUT2D eigenvalue weighted by Crippen LogP contribution is -2.42. The Kier molecular flexibility index (Phi) is 5.25. The van der Waals surface area contributed by atoms with E-state index in [1.165, 1.54) is 30.7 Å². The molecular formula is C15H22ClNO4S. The first-order chi connectivity index (χ1) is 10.3. The molecule has 1 aromatic rings. The maximum absolute atomic E-state index is 13.0. The lowest BCUT2D eigenvalue weighted by molar-refractivity contribution is 0.222. The van der Waals surface area contributed by atoms with Crippen LogP contribution in [0.4, 0.5) is 0 Å². The average molecular weight is 348 g/mol. The van der Waals surface area contributed by atoms with Crippen LogP contribution in [0.5, 0.6) is 11.5 Å². The molecular weight excluding hydrogens is 326 g/mol. The van der Waals surface area contributed by atoms with Gasteiger partial charge in [0.15, 0.2) is 0 Å². The van der Waals surface area contributed by atoms with Crippen LogP contribution in [0.1, 0.15) is 20.3 Å². The van der Waals surface area contributed by atoms with Crippen molar-refractivity contribution in [2.75, 3.05) is 27.3 Å². The lowest BCUT2D eigenvalue weighted by atomic mass is 9.94. The lowest BCUT2D eigenvalue weighted by Gasteiger charge is -2.34. The van der Waals surface area contributed by atoms with Gasteiger partial charge in [-0.25, -0.2) is 8.42 Å². The minimum Gasteiger partial charge on any atom is -0.495 e. The van der Waals surface area contributed by atoms with Gasteiger partial charge < -0.3 is 9.47 Å². The van der Waals surface area contributed by atoms with Gasteiger partial charge in [-0.1, -0.05) is 25.4 Å². The maximum atomic E-state index is 13.0. The Hall–Kier alpha value is -0.980. The van der Waals surface area contributed by atoms with Crippen molar-refractivity contribution in [3.05, 3.63) is 17.2 Å². The van der Waals surface area contributed by atoms with E-state index in [4.69, 9.17) is 21.1 Å². The Balaban J connectivity index is 2.48. The molecule has 0 aliphatic carbocycles. The number of benzene rings is 1. The molecule has 0 spiro atoms. The van der Waals surface area contributed by atoms with Crippen molar-refractivity contribution in [2.24, 2.45) is 11.8 Å². The third-order valence-electron chi connectivity index (χ3n) is 3.89. The Labute approximate surface area is 137 Å². The van der Waals surface area contributed by atoms with Crippen LogP contribution >= 0.6 is 11.6 Å². The van der Waals surface area contributed by atoms with Gasteiger partial charge in [-0.15, -0.1) is 0 Å². The van der Waals surface area contributed by atoms with Crippen LogP contribution in [0.15, 0.2) is 17.0 Å². The molecule has 124 valence electrons. The number of sulfonamides is 1. The Morgan fingerprint density at radius 2 is 1.64 bits per heavy atom. The van der Waals surface area contributed by atoms with Crippen LogP contribution in [0.25, 0.3) is 0 Å². The first-order valence-corrected chi connectivity index (χ1v) is 9.03. The largest absolute Gasteiger partial charge is 0.495 e. The van der Waals surface area contributed by atoms with Crippen LogP contribution in [0.2, 0.25) is 5.02 Å². The molecule has 2 rings (SSSR count). The van der Waals surface area contributed by atoms with E-state index in [2.05, 4.69) is 13.8 Å². The fourth-order valence-electron chi connectivity index (χ4n) is 2.98. The molecule has 0 unspecified atom stereocenters. The van der Waals surface area contributed by atoms with E-state index in [0.717, 1.165) is 6.42 Å². The molecule has 0 aromatic heterocycles. The number of rotatable bonds is 4. The predicted octanol–water partition coefficient (Wildman–Crippen LogP) is 3.02. The summed E-state index contributed by atoms with van der Waals surface area (Å²) in [4.78, 5) is 0.0950. The van der Waals surface area contributed by atoms with Gasteiger partial charge in [-0.05, 0) is 18.3 Å². The molecule has 22 heavy (non-hydrogen) atoms. The fraction of sp³-hybridized carbons (Fsp3) is 0.600. The van der Waals surface area contributed by atoms with Crippen LogP contribution < -0.4 is 9.47 Å². The quantitative estimate of drug-likeness (QED) is 0.840. The number of ether oxygens (including phenoxy) is 2. The summed E-state index contributed by atoms with van der Waals surface area (Å²) in [6, 6.07) is 2.91. The third kappa shape index (κ3) is 3.34. The van der Waals surface area contributed by atoms with Gasteiger partial charge in [0.05, 0.1) is 19.2 Å². The van der Waals surface area contributed by atoms with Crippen molar-refractivity contribution in [1.29, 1.82) is 0 Å². The zero-order chi connectivity index (χ0) is 16.5. The summed E-state index contributed by atoms with van der Waals surface area (Å²) in [5.41, 5.74) is 0. The third-order valence-corrected chi connectivity index (χ3v) is 6.04. The highest BCUT2D eigenvalue weighted by Crippen LogP contribution is 2.37. The SMILES string of the molecule is COc1cc(S(=O)(=O)N2C[C@@H](C)C[C@H](C)C2)c(OC)cc1Cl. The van der Waals surface area contributed by atoms with Gasteiger partial charge in [-0.2, -0.15) is 4.31 Å². The first kappa shape index (κ1) is 17.4. The zero-order valence-electron chi connectivity index (χ0n) is 13.3. The molecule has 1 aliphatic rings. The van der Waals surface area contributed by atoms with Gasteiger partial charge in [0.25, 0.3) is 0 Å². The van der Waals surface area contributed by atoms with E-state index in [-0.39, 0.29) is 10.6 Å². The fourth-order valence-corrected chi connectivity index (χ4v) is 5.04. The number of piperidine rings is 1. The topological polar surface area (TPSA) is 55.8 Å². The monoisotopic (exact) mass is 347 g/mol. The van der Waals surface area contributed by atoms with Crippen molar-refractivity contribution in [1.82, 2.24) is 4.31 Å². The van der Waals surface area contributed by atoms with Crippen LogP contribution in [0.3, 0.4) is 0 Å². The predicted molar refractivity (Wildman–Crippen MR) is 86.3 cm³/mol. The van der Waals surface area contributed by atoms with E-state index in [0.29, 0.717) is 35.7 Å². The van der Waals surface area contributed by atoms with E-state index < -0.39 is 10.0 Å². The minimum atomic E-state index is -3.65. The summed E-state index contributed by atoms with van der Waals surface area (Å²) in [7, 11) is -0.768. The second-order valence-corrected chi connectivity index (χ2v) is 8.22. The van der Waals surface area contributed by atoms with Crippen LogP contribution in [-0.2, 0) is 10.0 Å². The standard InChI is InChI=1S/C15H22ClNO4S/c1-10-5-11(2)9-17(8-10)22(18,19)15-7-13(20-3)12(16)6-14(15)21-4/h6-7,10-11H,5,8-9H2,1-4H3/t10-,11-/m0/s1. The summed E-state index contributed by atoms with van der Waals surface area (Å²) < 4.78 is 37.8. The van der Waals surface area contributed by atoms with E-state index in [1.807, 2.05) is 0 Å². The van der Waals surface area contributed by atoms with Gasteiger partial charge in [-0.3, -0.25) is 0 Å². The van der Waals surface area contributed by atoms with E-state index in [9.17, 15) is 8.42 Å². The zero-order valence-corrected chi connectivity index (χ0v) is 14.9. The summed E-state index contributed by atoms with van der Waals surface area (Å²) in [5, 5.41) is 0.318. The second-order valence-electron chi connectivity index (χ2n) is 5.91. The van der Waals surface area contributed by atoms with Gasteiger partial charge >= 0.3 is 0 Å². The molecule has 0 N–H and O–H groups in total. The summed E-state index contributed by atoms with van der Waals surface area (Å²) in [6.07, 6.45) is 1.03. The van der Waals surface area contributed by atoms with Crippen molar-refractivity contribution in [3.63, 3.8) is 0 Å². The Morgan fingerprint density at radius 1 is 1.09 bits per heavy atom. The molecule has 2 atom stereocenters. The van der Waals surface area contributed by atoms with E-state index in [1.54, 1.807) is 0 Å². The van der Waals surface area contributed by atoms with Crippen molar-refractivity contribution < 1.29 is 17.9 Å². The summed E-state index contributed by atoms with van der Waals surface area (Å²) in [5.74, 6) is 1.22. The number of hydrogen-bond donors (Lipinski definition) is 0. The highest BCUT2D eigenvalue weighted by atomic mass is 35.5. The molecule has 0 saturated carbocycles. The second kappa shape index (κ2) is 6.64. The minimum absolute atomic E-state index is 0.0950. The average Bonchev–Trinajstić information content (AvgIpc) is 2.45. The Bertz CT molecular complexity index is 637. The van der Waals surface area contributed by atoms with Crippen LogP contribution in [-0.4, -0.2) is 40.0 Å². The molecule has 1 saturated heterocycles. The summed E-state index contributed by atoms with van der Waals surface area (Å²) >= 11 is 6.05. The maximum Gasteiger partial charge on any atom is 0.246 e. The molecule has 1 aliphatic heterocycles. The highest BCUT2D eigenvalue weighted by molar-refractivity contribution is 7.89. The van der Waals surface area contributed by atoms with Gasteiger partial charge in [0, 0.05) is 25.2 Å². The van der Waals surface area contributed by atoms with Crippen molar-refractivity contribution >= 4 is 21.6 Å². The molecule has 1 aromatic carbocycles. The highest BCUT2D eigenvalue weighted by Gasteiger charge is 2.34. The number of nitrogens with zero attached hydrogens (tertiary/aromatic N) is 1. The van der Waals surface area contributed by atoms with Crippen LogP contribution in [0, 0.1) is 11.8 Å². The first-order valence-electron chi connectivity index (χ1n) is 7.21. The molecule has 1 heterocycles. The number of halogens is 1. The van der Waals surface area contributed by atoms with E-state index >= 15 is 0 Å². The molecule has 0 amide bonds. The molecule has 1 fully saturated rings. The van der Waals surface area contributed by atoms with Gasteiger partial charge in [0.2, 0.25) is 10.0 Å². The molecule has 0 radical (unpaired) electrons. The smallest absolute Gasteiger partial charge is 0.246 e. The van der Waals surface area contributed by atoms with Gasteiger partial charge in [0.1, 0.15) is 16.4 Å². The molecule has 5 nitrogen and oxygen atoms in total. The normalized spacial score (nSPS) is 23.3. The Morgan fingerprint density at radius 3 is 2.14 bits per heavy atom. The van der Waals surface area contributed by atoms with Crippen molar-refractivity contribution in [3.8, 4) is 11.5 Å².